The minimum atomic E-state index is -1.60. The van der Waals surface area contributed by atoms with Gasteiger partial charge in [-0.1, -0.05) is 32.3 Å². The zero-order chi connectivity index (χ0) is 13.8. The summed E-state index contributed by atoms with van der Waals surface area (Å²) in [6.07, 6.45) is 11.4. The molecule has 0 aliphatic heterocycles. The molecule has 0 radical (unpaired) electrons. The number of hydrogen-bond donors (Lipinski definition) is 0. The van der Waals surface area contributed by atoms with E-state index in [1.807, 2.05) is 0 Å². The monoisotopic (exact) mass is 264 g/mol. The van der Waals surface area contributed by atoms with Crippen LogP contribution in [0.1, 0.15) is 52.9 Å². The third kappa shape index (κ3) is 4.00. The molecule has 0 aromatic carbocycles. The lowest BCUT2D eigenvalue weighted by molar-refractivity contribution is 0.289. The van der Waals surface area contributed by atoms with Crippen LogP contribution in [0.25, 0.3) is 0 Å². The predicted octanol–water partition coefficient (Wildman–Crippen LogP) is 4.90. The predicted molar refractivity (Wildman–Crippen MR) is 82.1 cm³/mol. The van der Waals surface area contributed by atoms with Gasteiger partial charge in [-0.3, -0.25) is 0 Å². The average molecular weight is 264 g/mol. The lowest BCUT2D eigenvalue weighted by Crippen LogP contribution is -2.41. The molecular weight excluding hydrogens is 236 g/mol. The van der Waals surface area contributed by atoms with Crippen LogP contribution in [0.3, 0.4) is 0 Å². The zero-order valence-electron chi connectivity index (χ0n) is 12.7. The number of allylic oxidation sites excluding steroid dienone is 1. The Morgan fingerprint density at radius 1 is 1.22 bits per heavy atom. The normalized spacial score (nSPS) is 17.8. The highest BCUT2D eigenvalue weighted by molar-refractivity contribution is 6.74. The molecule has 0 unspecified atom stereocenters. The van der Waals surface area contributed by atoms with Crippen LogP contribution in [0, 0.1) is 12.3 Å². The van der Waals surface area contributed by atoms with Gasteiger partial charge in [0.05, 0.1) is 0 Å². The molecule has 0 aromatic heterocycles. The van der Waals surface area contributed by atoms with Crippen molar-refractivity contribution in [2.24, 2.45) is 0 Å². The van der Waals surface area contributed by atoms with Crippen LogP contribution < -0.4 is 0 Å². The molecule has 1 nitrogen and oxygen atoms in total. The van der Waals surface area contributed by atoms with Crippen LogP contribution in [-0.4, -0.2) is 14.9 Å². The quantitative estimate of drug-likeness (QED) is 0.518. The molecule has 1 aliphatic rings. The Morgan fingerprint density at radius 3 is 2.39 bits per heavy atom. The van der Waals surface area contributed by atoms with Crippen molar-refractivity contribution >= 4 is 8.32 Å². The van der Waals surface area contributed by atoms with E-state index in [0.29, 0.717) is 5.04 Å². The standard InChI is InChI=1S/C16H28OSi/c1-7-14-10-8-9-11-15(14)12-13-17-18(5,6)16(2,3)4/h1H,8-13H2,2-6H3. The van der Waals surface area contributed by atoms with Gasteiger partial charge in [0.1, 0.15) is 0 Å². The maximum atomic E-state index is 6.23. The SMILES string of the molecule is C#CC1=C(CCO[Si](C)(C)C(C)(C)C)CCCC1. The molecular formula is C16H28OSi. The molecule has 0 aromatic rings. The van der Waals surface area contributed by atoms with E-state index >= 15 is 0 Å². The van der Waals surface area contributed by atoms with E-state index < -0.39 is 8.32 Å². The van der Waals surface area contributed by atoms with E-state index in [9.17, 15) is 0 Å². The molecule has 0 spiro atoms. The Balaban J connectivity index is 2.52. The summed E-state index contributed by atoms with van der Waals surface area (Å²) in [7, 11) is -1.60. The Labute approximate surface area is 114 Å². The third-order valence-electron chi connectivity index (χ3n) is 4.43. The van der Waals surface area contributed by atoms with Gasteiger partial charge in [0, 0.05) is 12.2 Å². The molecule has 0 N–H and O–H groups in total. The highest BCUT2D eigenvalue weighted by atomic mass is 28.4. The van der Waals surface area contributed by atoms with Crippen LogP contribution in [0.4, 0.5) is 0 Å². The molecule has 0 bridgehead atoms. The Morgan fingerprint density at radius 2 is 1.83 bits per heavy atom. The largest absolute Gasteiger partial charge is 0.417 e. The summed E-state index contributed by atoms with van der Waals surface area (Å²) in [4.78, 5) is 0. The van der Waals surface area contributed by atoms with Gasteiger partial charge in [-0.15, -0.1) is 6.42 Å². The van der Waals surface area contributed by atoms with Crippen LogP contribution in [0.15, 0.2) is 11.1 Å². The van der Waals surface area contributed by atoms with Gasteiger partial charge in [-0.25, -0.2) is 0 Å². The molecule has 0 heterocycles. The maximum Gasteiger partial charge on any atom is 0.191 e. The maximum absolute atomic E-state index is 6.23. The van der Waals surface area contributed by atoms with Crippen molar-refractivity contribution in [1.82, 2.24) is 0 Å². The molecule has 0 atom stereocenters. The molecule has 0 fully saturated rings. The van der Waals surface area contributed by atoms with Crippen LogP contribution in [0.2, 0.25) is 18.1 Å². The molecule has 0 saturated carbocycles. The van der Waals surface area contributed by atoms with Crippen LogP contribution >= 0.6 is 0 Å². The first-order valence-corrected chi connectivity index (χ1v) is 10.0. The number of hydrogen-bond acceptors (Lipinski definition) is 1. The fourth-order valence-electron chi connectivity index (χ4n) is 2.06. The second kappa shape index (κ2) is 6.08. The summed E-state index contributed by atoms with van der Waals surface area (Å²) in [6, 6.07) is 0. The van der Waals surface area contributed by atoms with Crippen molar-refractivity contribution in [3.63, 3.8) is 0 Å². The smallest absolute Gasteiger partial charge is 0.191 e. The van der Waals surface area contributed by atoms with Crippen molar-refractivity contribution in [1.29, 1.82) is 0 Å². The van der Waals surface area contributed by atoms with Crippen molar-refractivity contribution in [2.45, 2.75) is 71.0 Å². The topological polar surface area (TPSA) is 9.23 Å². The van der Waals surface area contributed by atoms with E-state index in [-0.39, 0.29) is 0 Å². The number of terminal acetylenes is 1. The Kier molecular flexibility index (Phi) is 5.25. The molecule has 1 rings (SSSR count). The summed E-state index contributed by atoms with van der Waals surface area (Å²) in [6.45, 7) is 12.3. The van der Waals surface area contributed by atoms with Crippen LogP contribution in [-0.2, 0) is 4.43 Å². The van der Waals surface area contributed by atoms with E-state index in [2.05, 4.69) is 39.8 Å². The van der Waals surface area contributed by atoms with Crippen LogP contribution in [0.5, 0.6) is 0 Å². The molecule has 2 heteroatoms. The van der Waals surface area contributed by atoms with Gasteiger partial charge >= 0.3 is 0 Å². The minimum absolute atomic E-state index is 0.295. The number of rotatable bonds is 4. The Bertz CT molecular complexity index is 352. The lowest BCUT2D eigenvalue weighted by Gasteiger charge is -2.36. The fraction of sp³-hybridized carbons (Fsp3) is 0.750. The molecule has 18 heavy (non-hydrogen) atoms. The van der Waals surface area contributed by atoms with Crippen molar-refractivity contribution in [3.8, 4) is 12.3 Å². The van der Waals surface area contributed by atoms with Gasteiger partial charge in [0.25, 0.3) is 0 Å². The molecule has 1 aliphatic carbocycles. The van der Waals surface area contributed by atoms with Crippen molar-refractivity contribution in [2.75, 3.05) is 6.61 Å². The van der Waals surface area contributed by atoms with Gasteiger partial charge < -0.3 is 4.43 Å². The summed E-state index contributed by atoms with van der Waals surface area (Å²) < 4.78 is 6.23. The van der Waals surface area contributed by atoms with E-state index in [1.165, 1.54) is 30.4 Å². The highest BCUT2D eigenvalue weighted by Crippen LogP contribution is 2.37. The van der Waals surface area contributed by atoms with E-state index in [0.717, 1.165) is 19.4 Å². The average Bonchev–Trinajstić information content (AvgIpc) is 2.28. The molecule has 0 saturated heterocycles. The van der Waals surface area contributed by atoms with Gasteiger partial charge in [-0.05, 0) is 50.2 Å². The summed E-state index contributed by atoms with van der Waals surface area (Å²) in [5, 5.41) is 0.295. The Hall–Kier alpha value is -0.523. The summed E-state index contributed by atoms with van der Waals surface area (Å²) in [5.41, 5.74) is 2.72. The second-order valence-corrected chi connectivity index (χ2v) is 11.6. The first-order chi connectivity index (χ1) is 8.28. The fourth-order valence-corrected chi connectivity index (χ4v) is 3.11. The lowest BCUT2D eigenvalue weighted by atomic mass is 9.90. The highest BCUT2D eigenvalue weighted by Gasteiger charge is 2.36. The van der Waals surface area contributed by atoms with E-state index in [1.54, 1.807) is 0 Å². The second-order valence-electron chi connectivity index (χ2n) is 6.79. The zero-order valence-corrected chi connectivity index (χ0v) is 13.7. The van der Waals surface area contributed by atoms with Gasteiger partial charge in [-0.2, -0.15) is 0 Å². The summed E-state index contributed by atoms with van der Waals surface area (Å²) in [5.74, 6) is 2.87. The van der Waals surface area contributed by atoms with Crippen molar-refractivity contribution in [3.05, 3.63) is 11.1 Å². The molecule has 102 valence electrons. The minimum Gasteiger partial charge on any atom is -0.417 e. The first kappa shape index (κ1) is 15.5. The van der Waals surface area contributed by atoms with E-state index in [4.69, 9.17) is 10.8 Å². The third-order valence-corrected chi connectivity index (χ3v) is 8.97. The first-order valence-electron chi connectivity index (χ1n) is 7.09. The molecule has 0 amide bonds. The van der Waals surface area contributed by atoms with Gasteiger partial charge in [0.15, 0.2) is 8.32 Å². The van der Waals surface area contributed by atoms with Crippen molar-refractivity contribution < 1.29 is 4.43 Å². The van der Waals surface area contributed by atoms with Gasteiger partial charge in [0.2, 0.25) is 0 Å². The summed E-state index contributed by atoms with van der Waals surface area (Å²) >= 11 is 0.